The van der Waals surface area contributed by atoms with E-state index in [2.05, 4.69) is 5.32 Å². The van der Waals surface area contributed by atoms with Crippen molar-refractivity contribution in [2.45, 2.75) is 25.1 Å². The van der Waals surface area contributed by atoms with Crippen LogP contribution in [0.2, 0.25) is 0 Å². The van der Waals surface area contributed by atoms with E-state index in [1.807, 2.05) is 0 Å². The number of halogens is 3. The molecule has 2 atom stereocenters. The summed E-state index contributed by atoms with van der Waals surface area (Å²) in [5, 5.41) is 2.61. The number of ketones is 1. The Hall–Kier alpha value is -2.15. The number of amides is 1. The highest BCUT2D eigenvalue weighted by molar-refractivity contribution is 5.99. The van der Waals surface area contributed by atoms with Crippen LogP contribution in [0.4, 0.5) is 13.2 Å². The number of hydrogen-bond donors (Lipinski definition) is 2. The van der Waals surface area contributed by atoms with E-state index in [-0.39, 0.29) is 17.3 Å². The summed E-state index contributed by atoms with van der Waals surface area (Å²) in [6.07, 6.45) is -0.833. The zero-order chi connectivity index (χ0) is 17.0. The maximum atomic E-state index is 12.6. The lowest BCUT2D eigenvalue weighted by Crippen LogP contribution is -2.45. The number of carbonyl (C=O) groups is 2. The molecule has 2 rings (SSSR count). The molecule has 1 aromatic carbocycles. The molecular formula is C16H17F3N2O2. The van der Waals surface area contributed by atoms with E-state index >= 15 is 0 Å². The molecule has 0 aromatic heterocycles. The molecule has 0 spiro atoms. The van der Waals surface area contributed by atoms with Gasteiger partial charge >= 0.3 is 6.18 Å². The number of carbonyl (C=O) groups excluding carboxylic acids is 2. The third-order valence-electron chi connectivity index (χ3n) is 3.75. The summed E-state index contributed by atoms with van der Waals surface area (Å²) >= 11 is 0. The molecule has 0 aliphatic carbocycles. The van der Waals surface area contributed by atoms with Crippen molar-refractivity contribution in [3.05, 3.63) is 41.5 Å². The lowest BCUT2D eigenvalue weighted by atomic mass is 9.91. The van der Waals surface area contributed by atoms with E-state index in [0.717, 1.165) is 12.1 Å². The van der Waals surface area contributed by atoms with E-state index in [1.165, 1.54) is 24.3 Å². The first-order chi connectivity index (χ1) is 10.8. The maximum absolute atomic E-state index is 12.6. The molecule has 0 bridgehead atoms. The first-order valence-electron chi connectivity index (χ1n) is 7.21. The van der Waals surface area contributed by atoms with Gasteiger partial charge in [-0.3, -0.25) is 9.59 Å². The van der Waals surface area contributed by atoms with E-state index in [9.17, 15) is 22.8 Å². The standard InChI is InChI=1S/C16H17F3N2O2/c17-16(18,19)11-4-1-3-10(9-11)6-7-13(22)12-5-2-8-21-15(23)14(12)20/h1,3-4,6-7,9,12,14H,2,5,8,20H2,(H,21,23). The van der Waals surface area contributed by atoms with Gasteiger partial charge in [-0.25, -0.2) is 0 Å². The molecule has 7 heteroatoms. The van der Waals surface area contributed by atoms with Gasteiger partial charge in [-0.2, -0.15) is 13.2 Å². The summed E-state index contributed by atoms with van der Waals surface area (Å²) < 4.78 is 37.9. The lowest BCUT2D eigenvalue weighted by molar-refractivity contribution is -0.137. The number of allylic oxidation sites excluding steroid dienone is 1. The molecule has 1 aliphatic heterocycles. The largest absolute Gasteiger partial charge is 0.416 e. The summed E-state index contributed by atoms with van der Waals surface area (Å²) in [4.78, 5) is 23.8. The summed E-state index contributed by atoms with van der Waals surface area (Å²) in [6.45, 7) is 0.466. The number of hydrogen-bond acceptors (Lipinski definition) is 3. The van der Waals surface area contributed by atoms with Gasteiger partial charge < -0.3 is 11.1 Å². The van der Waals surface area contributed by atoms with E-state index in [0.29, 0.717) is 19.4 Å². The molecule has 1 aromatic rings. The van der Waals surface area contributed by atoms with Crippen LogP contribution in [-0.4, -0.2) is 24.3 Å². The second-order valence-electron chi connectivity index (χ2n) is 5.42. The predicted molar refractivity (Wildman–Crippen MR) is 79.2 cm³/mol. The number of rotatable bonds is 3. The Morgan fingerprint density at radius 1 is 1.35 bits per heavy atom. The highest BCUT2D eigenvalue weighted by Gasteiger charge is 2.31. The molecule has 1 fully saturated rings. The summed E-state index contributed by atoms with van der Waals surface area (Å²) in [7, 11) is 0. The Labute approximate surface area is 131 Å². The van der Waals surface area contributed by atoms with Crippen LogP contribution in [0, 0.1) is 5.92 Å². The van der Waals surface area contributed by atoms with Crippen molar-refractivity contribution in [3.63, 3.8) is 0 Å². The molecule has 23 heavy (non-hydrogen) atoms. The molecule has 1 saturated heterocycles. The van der Waals surface area contributed by atoms with Crippen molar-refractivity contribution in [3.8, 4) is 0 Å². The molecule has 0 radical (unpaired) electrons. The number of nitrogens with one attached hydrogen (secondary N) is 1. The zero-order valence-electron chi connectivity index (χ0n) is 12.3. The fourth-order valence-corrected chi connectivity index (χ4v) is 2.45. The van der Waals surface area contributed by atoms with Crippen LogP contribution in [0.3, 0.4) is 0 Å². The Balaban J connectivity index is 2.13. The van der Waals surface area contributed by atoms with Gasteiger partial charge in [0.15, 0.2) is 5.78 Å². The van der Waals surface area contributed by atoms with E-state index < -0.39 is 23.7 Å². The summed E-state index contributed by atoms with van der Waals surface area (Å²) in [6, 6.07) is 3.74. The maximum Gasteiger partial charge on any atom is 0.416 e. The normalized spacial score (nSPS) is 22.7. The second kappa shape index (κ2) is 6.95. The van der Waals surface area contributed by atoms with Gasteiger partial charge in [0.2, 0.25) is 5.91 Å². The van der Waals surface area contributed by atoms with Crippen molar-refractivity contribution in [2.75, 3.05) is 6.54 Å². The lowest BCUT2D eigenvalue weighted by Gasteiger charge is -2.16. The molecular weight excluding hydrogens is 309 g/mol. The molecule has 4 nitrogen and oxygen atoms in total. The molecule has 2 unspecified atom stereocenters. The molecule has 1 amide bonds. The SMILES string of the molecule is NC1C(=O)NCCCC1C(=O)C=Cc1cccc(C(F)(F)F)c1. The van der Waals surface area contributed by atoms with Crippen LogP contribution in [0.5, 0.6) is 0 Å². The van der Waals surface area contributed by atoms with Crippen molar-refractivity contribution in [2.24, 2.45) is 11.7 Å². The van der Waals surface area contributed by atoms with E-state index in [4.69, 9.17) is 5.73 Å². The molecule has 3 N–H and O–H groups in total. The van der Waals surface area contributed by atoms with Crippen molar-refractivity contribution >= 4 is 17.8 Å². The Morgan fingerprint density at radius 3 is 2.78 bits per heavy atom. The highest BCUT2D eigenvalue weighted by Crippen LogP contribution is 2.29. The van der Waals surface area contributed by atoms with Gasteiger partial charge in [-0.15, -0.1) is 0 Å². The third kappa shape index (κ3) is 4.41. The Bertz CT molecular complexity index is 626. The van der Waals surface area contributed by atoms with Gasteiger partial charge in [0.1, 0.15) is 0 Å². The van der Waals surface area contributed by atoms with E-state index in [1.54, 1.807) is 0 Å². The van der Waals surface area contributed by atoms with Crippen LogP contribution in [0.15, 0.2) is 30.3 Å². The zero-order valence-corrected chi connectivity index (χ0v) is 12.3. The average molecular weight is 326 g/mol. The minimum absolute atomic E-state index is 0.264. The summed E-state index contributed by atoms with van der Waals surface area (Å²) in [5.74, 6) is -1.39. The van der Waals surface area contributed by atoms with Gasteiger partial charge in [0, 0.05) is 12.5 Å². The van der Waals surface area contributed by atoms with Gasteiger partial charge in [-0.1, -0.05) is 18.2 Å². The number of benzene rings is 1. The van der Waals surface area contributed by atoms with Crippen LogP contribution >= 0.6 is 0 Å². The number of nitrogens with two attached hydrogens (primary N) is 1. The highest BCUT2D eigenvalue weighted by atomic mass is 19.4. The van der Waals surface area contributed by atoms with Crippen LogP contribution in [-0.2, 0) is 15.8 Å². The van der Waals surface area contributed by atoms with Crippen molar-refractivity contribution in [1.29, 1.82) is 0 Å². The quantitative estimate of drug-likeness (QED) is 0.836. The van der Waals surface area contributed by atoms with Crippen LogP contribution < -0.4 is 11.1 Å². The first-order valence-corrected chi connectivity index (χ1v) is 7.21. The second-order valence-corrected chi connectivity index (χ2v) is 5.42. The Kier molecular flexibility index (Phi) is 5.20. The van der Waals surface area contributed by atoms with Gasteiger partial charge in [0.25, 0.3) is 0 Å². The van der Waals surface area contributed by atoms with Crippen LogP contribution in [0.1, 0.15) is 24.0 Å². The van der Waals surface area contributed by atoms with Crippen molar-refractivity contribution < 1.29 is 22.8 Å². The monoisotopic (exact) mass is 326 g/mol. The topological polar surface area (TPSA) is 72.2 Å². The molecule has 124 valence electrons. The predicted octanol–water partition coefficient (Wildman–Crippen LogP) is 2.14. The molecule has 1 aliphatic rings. The average Bonchev–Trinajstić information content (AvgIpc) is 2.67. The van der Waals surface area contributed by atoms with Crippen molar-refractivity contribution in [1.82, 2.24) is 5.32 Å². The fraction of sp³-hybridized carbons (Fsp3) is 0.375. The number of alkyl halides is 3. The van der Waals surface area contributed by atoms with Gasteiger partial charge in [0.05, 0.1) is 11.6 Å². The minimum atomic E-state index is -4.43. The smallest absolute Gasteiger partial charge is 0.355 e. The summed E-state index contributed by atoms with van der Waals surface area (Å²) in [5.41, 5.74) is 5.24. The minimum Gasteiger partial charge on any atom is -0.355 e. The Morgan fingerprint density at radius 2 is 2.09 bits per heavy atom. The molecule has 1 heterocycles. The molecule has 0 saturated carbocycles. The van der Waals surface area contributed by atoms with Gasteiger partial charge in [-0.05, 0) is 36.6 Å². The van der Waals surface area contributed by atoms with Crippen LogP contribution in [0.25, 0.3) is 6.08 Å². The third-order valence-corrected chi connectivity index (χ3v) is 3.75. The first kappa shape index (κ1) is 17.2. The fourth-order valence-electron chi connectivity index (χ4n) is 2.45.